The summed E-state index contributed by atoms with van der Waals surface area (Å²) in [4.78, 5) is 12.9. The van der Waals surface area contributed by atoms with Gasteiger partial charge >= 0.3 is 0 Å². The van der Waals surface area contributed by atoms with E-state index in [4.69, 9.17) is 4.42 Å². The first-order valence-electron chi connectivity index (χ1n) is 5.46. The minimum absolute atomic E-state index is 0.0841. The minimum Gasteiger partial charge on any atom is -0.456 e. The highest BCUT2D eigenvalue weighted by Crippen LogP contribution is 2.20. The molecular weight excluding hydrogens is 248 g/mol. The van der Waals surface area contributed by atoms with Crippen LogP contribution in [0.25, 0.3) is 21.9 Å². The molecular formula is C14H10O3S. The number of rotatable bonds is 1. The fourth-order valence-electron chi connectivity index (χ4n) is 1.96. The van der Waals surface area contributed by atoms with Gasteiger partial charge in [-0.15, -0.1) is 0 Å². The van der Waals surface area contributed by atoms with Gasteiger partial charge in [-0.2, -0.15) is 0 Å². The second-order valence-electron chi connectivity index (χ2n) is 4.04. The van der Waals surface area contributed by atoms with Gasteiger partial charge in [-0.25, -0.2) is 0 Å². The molecule has 18 heavy (non-hydrogen) atoms. The number of hydrogen-bond donors (Lipinski definition) is 0. The maximum absolute atomic E-state index is 12.3. The molecule has 0 aliphatic heterocycles. The quantitative estimate of drug-likeness (QED) is 0.630. The molecule has 0 saturated heterocycles. The van der Waals surface area contributed by atoms with Crippen molar-refractivity contribution in [3.63, 3.8) is 0 Å². The number of para-hydroxylation sites is 1. The third-order valence-electron chi connectivity index (χ3n) is 2.88. The first-order chi connectivity index (χ1) is 8.66. The zero-order chi connectivity index (χ0) is 12.7. The maximum atomic E-state index is 12.3. The molecule has 3 nitrogen and oxygen atoms in total. The third kappa shape index (κ3) is 1.66. The normalized spacial score (nSPS) is 12.9. The third-order valence-corrected chi connectivity index (χ3v) is 3.80. The van der Waals surface area contributed by atoms with Gasteiger partial charge in [0.15, 0.2) is 0 Å². The van der Waals surface area contributed by atoms with Crippen LogP contribution in [0.2, 0.25) is 0 Å². The summed E-state index contributed by atoms with van der Waals surface area (Å²) < 4.78 is 17.1. The Hall–Kier alpha value is -1.94. The van der Waals surface area contributed by atoms with Crippen molar-refractivity contribution in [2.45, 2.75) is 4.90 Å². The molecule has 3 aromatic rings. The van der Waals surface area contributed by atoms with Gasteiger partial charge in [-0.05, 0) is 30.3 Å². The highest BCUT2D eigenvalue weighted by atomic mass is 32.2. The molecule has 1 atom stereocenters. The second-order valence-corrected chi connectivity index (χ2v) is 5.42. The number of hydrogen-bond acceptors (Lipinski definition) is 3. The summed E-state index contributed by atoms with van der Waals surface area (Å²) in [5, 5.41) is 1.02. The van der Waals surface area contributed by atoms with Crippen molar-refractivity contribution in [3.05, 3.63) is 52.7 Å². The van der Waals surface area contributed by atoms with E-state index in [1.54, 1.807) is 42.7 Å². The SMILES string of the molecule is C[S@@](=O)c1ccc2oc3ccccc3c(=O)c2c1. The molecule has 0 aliphatic carbocycles. The van der Waals surface area contributed by atoms with Crippen molar-refractivity contribution in [2.24, 2.45) is 0 Å². The molecule has 2 aromatic carbocycles. The zero-order valence-corrected chi connectivity index (χ0v) is 10.5. The summed E-state index contributed by atoms with van der Waals surface area (Å²) in [6.07, 6.45) is 1.59. The Morgan fingerprint density at radius 2 is 1.72 bits per heavy atom. The van der Waals surface area contributed by atoms with Crippen molar-refractivity contribution in [2.75, 3.05) is 6.26 Å². The van der Waals surface area contributed by atoms with E-state index in [-0.39, 0.29) is 5.43 Å². The lowest BCUT2D eigenvalue weighted by atomic mass is 10.1. The van der Waals surface area contributed by atoms with Crippen LogP contribution < -0.4 is 5.43 Å². The van der Waals surface area contributed by atoms with Crippen LogP contribution in [0.3, 0.4) is 0 Å². The first kappa shape index (κ1) is 11.2. The van der Waals surface area contributed by atoms with Gasteiger partial charge in [0, 0.05) is 22.0 Å². The van der Waals surface area contributed by atoms with Crippen LogP contribution in [-0.4, -0.2) is 10.5 Å². The number of fused-ring (bicyclic) bond motifs is 2. The molecule has 0 spiro atoms. The van der Waals surface area contributed by atoms with E-state index >= 15 is 0 Å². The van der Waals surface area contributed by atoms with Gasteiger partial charge in [0.1, 0.15) is 11.2 Å². The molecule has 3 rings (SSSR count). The van der Waals surface area contributed by atoms with E-state index in [0.29, 0.717) is 26.8 Å². The lowest BCUT2D eigenvalue weighted by Gasteiger charge is -2.02. The summed E-state index contributed by atoms with van der Waals surface area (Å²) in [6, 6.07) is 12.2. The van der Waals surface area contributed by atoms with E-state index in [1.807, 2.05) is 6.07 Å². The van der Waals surface area contributed by atoms with Crippen LogP contribution in [-0.2, 0) is 10.8 Å². The van der Waals surface area contributed by atoms with Crippen LogP contribution in [0, 0.1) is 0 Å². The largest absolute Gasteiger partial charge is 0.456 e. The summed E-state index contributed by atoms with van der Waals surface area (Å²) in [6.45, 7) is 0. The maximum Gasteiger partial charge on any atom is 0.200 e. The fraction of sp³-hybridized carbons (Fsp3) is 0.0714. The lowest BCUT2D eigenvalue weighted by Crippen LogP contribution is -2.02. The topological polar surface area (TPSA) is 47.3 Å². The Labute approximate surface area is 106 Å². The summed E-state index contributed by atoms with van der Waals surface area (Å²) in [5.41, 5.74) is 1.01. The Bertz CT molecular complexity index is 833. The minimum atomic E-state index is -1.11. The van der Waals surface area contributed by atoms with Gasteiger partial charge in [0.25, 0.3) is 0 Å². The molecule has 0 fully saturated rings. The summed E-state index contributed by atoms with van der Waals surface area (Å²) in [7, 11) is -1.11. The molecule has 0 saturated carbocycles. The molecule has 1 heterocycles. The van der Waals surface area contributed by atoms with Crippen molar-refractivity contribution < 1.29 is 8.63 Å². The molecule has 0 amide bonds. The van der Waals surface area contributed by atoms with E-state index in [0.717, 1.165) is 0 Å². The van der Waals surface area contributed by atoms with Gasteiger partial charge in [-0.1, -0.05) is 12.1 Å². The molecule has 0 unspecified atom stereocenters. The fourth-order valence-corrected chi connectivity index (χ4v) is 2.50. The first-order valence-corrected chi connectivity index (χ1v) is 7.01. The highest BCUT2D eigenvalue weighted by Gasteiger charge is 2.08. The predicted octanol–water partition coefficient (Wildman–Crippen LogP) is 2.68. The molecule has 0 N–H and O–H groups in total. The van der Waals surface area contributed by atoms with E-state index in [1.165, 1.54) is 0 Å². The monoisotopic (exact) mass is 258 g/mol. The molecule has 1 aromatic heterocycles. The number of benzene rings is 2. The highest BCUT2D eigenvalue weighted by molar-refractivity contribution is 7.84. The van der Waals surface area contributed by atoms with Gasteiger partial charge in [0.2, 0.25) is 5.43 Å². The zero-order valence-electron chi connectivity index (χ0n) is 9.67. The van der Waals surface area contributed by atoms with Crippen molar-refractivity contribution in [1.82, 2.24) is 0 Å². The van der Waals surface area contributed by atoms with E-state index in [9.17, 15) is 9.00 Å². The molecule has 90 valence electrons. The molecule has 0 radical (unpaired) electrons. The van der Waals surface area contributed by atoms with Gasteiger partial charge in [-0.3, -0.25) is 9.00 Å². The van der Waals surface area contributed by atoms with E-state index in [2.05, 4.69) is 0 Å². The summed E-state index contributed by atoms with van der Waals surface area (Å²) >= 11 is 0. The van der Waals surface area contributed by atoms with Crippen molar-refractivity contribution in [1.29, 1.82) is 0 Å². The molecule has 0 aliphatic rings. The Morgan fingerprint density at radius 1 is 1.00 bits per heavy atom. The Balaban J connectivity index is 2.49. The smallest absolute Gasteiger partial charge is 0.200 e. The molecule has 0 bridgehead atoms. The Morgan fingerprint density at radius 3 is 2.50 bits per heavy atom. The lowest BCUT2D eigenvalue weighted by molar-refractivity contribution is 0.659. The van der Waals surface area contributed by atoms with Gasteiger partial charge < -0.3 is 4.42 Å². The standard InChI is InChI=1S/C14H10O3S/c1-18(16)9-6-7-13-11(8-9)14(15)10-4-2-3-5-12(10)17-13/h2-8H,1H3/t18-/m1/s1. The average Bonchev–Trinajstić information content (AvgIpc) is 2.38. The summed E-state index contributed by atoms with van der Waals surface area (Å²) in [5.74, 6) is 0. The van der Waals surface area contributed by atoms with Crippen molar-refractivity contribution in [3.8, 4) is 0 Å². The van der Waals surface area contributed by atoms with Crippen LogP contribution in [0.4, 0.5) is 0 Å². The van der Waals surface area contributed by atoms with E-state index < -0.39 is 10.8 Å². The molecule has 4 heteroatoms. The van der Waals surface area contributed by atoms with Crippen LogP contribution in [0.15, 0.2) is 56.6 Å². The van der Waals surface area contributed by atoms with Crippen LogP contribution >= 0.6 is 0 Å². The Kier molecular flexibility index (Phi) is 2.52. The predicted molar refractivity (Wildman–Crippen MR) is 72.3 cm³/mol. The van der Waals surface area contributed by atoms with Crippen LogP contribution in [0.1, 0.15) is 0 Å². The van der Waals surface area contributed by atoms with Crippen LogP contribution in [0.5, 0.6) is 0 Å². The second kappa shape index (κ2) is 4.07. The van der Waals surface area contributed by atoms with Crippen molar-refractivity contribution >= 4 is 32.7 Å². The average molecular weight is 258 g/mol. The van der Waals surface area contributed by atoms with Gasteiger partial charge in [0.05, 0.1) is 10.8 Å².